The first-order chi connectivity index (χ1) is 9.58. The molecule has 1 unspecified atom stereocenters. The number of carboxylic acid groups (broad SMARTS) is 1. The van der Waals surface area contributed by atoms with Crippen LogP contribution in [-0.2, 0) is 0 Å². The number of amides is 1. The quantitative estimate of drug-likeness (QED) is 0.839. The zero-order valence-corrected chi connectivity index (χ0v) is 10.3. The molecule has 1 heterocycles. The third kappa shape index (κ3) is 3.17. The number of nitrogens with zero attached hydrogens (tertiary/aromatic N) is 1. The monoisotopic (exact) mass is 274 g/mol. The molecule has 0 aliphatic rings. The SMILES string of the molecule is O=C(O)NC(C(=O)c1cccnc1)c1ccc(F)cc1. The van der Waals surface area contributed by atoms with E-state index >= 15 is 0 Å². The Bertz CT molecular complexity index is 614. The third-order valence-corrected chi connectivity index (χ3v) is 2.68. The van der Waals surface area contributed by atoms with Gasteiger partial charge in [0.25, 0.3) is 0 Å². The average Bonchev–Trinajstić information content (AvgIpc) is 2.46. The van der Waals surface area contributed by atoms with Gasteiger partial charge < -0.3 is 10.4 Å². The summed E-state index contributed by atoms with van der Waals surface area (Å²) in [5, 5.41) is 11.0. The summed E-state index contributed by atoms with van der Waals surface area (Å²) in [7, 11) is 0. The van der Waals surface area contributed by atoms with Gasteiger partial charge in [-0.05, 0) is 29.8 Å². The largest absolute Gasteiger partial charge is 0.465 e. The molecular weight excluding hydrogens is 263 g/mol. The smallest absolute Gasteiger partial charge is 0.405 e. The van der Waals surface area contributed by atoms with Crippen LogP contribution in [0.25, 0.3) is 0 Å². The second-order valence-corrected chi connectivity index (χ2v) is 4.04. The van der Waals surface area contributed by atoms with E-state index in [2.05, 4.69) is 10.3 Å². The first kappa shape index (κ1) is 13.7. The number of pyridine rings is 1. The Morgan fingerprint density at radius 3 is 2.45 bits per heavy atom. The van der Waals surface area contributed by atoms with Crippen LogP contribution in [0.5, 0.6) is 0 Å². The van der Waals surface area contributed by atoms with Crippen molar-refractivity contribution in [2.75, 3.05) is 0 Å². The Morgan fingerprint density at radius 1 is 1.20 bits per heavy atom. The van der Waals surface area contributed by atoms with Gasteiger partial charge in [0.1, 0.15) is 11.9 Å². The van der Waals surface area contributed by atoms with Crippen molar-refractivity contribution in [1.82, 2.24) is 10.3 Å². The summed E-state index contributed by atoms with van der Waals surface area (Å²) in [5.74, 6) is -0.913. The van der Waals surface area contributed by atoms with Gasteiger partial charge in [0.15, 0.2) is 5.78 Å². The number of benzene rings is 1. The molecule has 2 N–H and O–H groups in total. The molecule has 0 saturated heterocycles. The topological polar surface area (TPSA) is 79.3 Å². The highest BCUT2D eigenvalue weighted by molar-refractivity contribution is 6.01. The van der Waals surface area contributed by atoms with E-state index < -0.39 is 23.7 Å². The number of hydrogen-bond acceptors (Lipinski definition) is 3. The molecular formula is C14H11FN2O3. The minimum Gasteiger partial charge on any atom is -0.465 e. The Morgan fingerprint density at radius 2 is 1.90 bits per heavy atom. The second kappa shape index (κ2) is 5.92. The number of carbonyl (C=O) groups is 2. The predicted octanol–water partition coefficient (Wildman–Crippen LogP) is 2.41. The minimum atomic E-state index is -1.34. The number of ketones is 1. The Kier molecular flexibility index (Phi) is 4.05. The molecule has 2 rings (SSSR count). The fraction of sp³-hybridized carbons (Fsp3) is 0.0714. The molecule has 0 radical (unpaired) electrons. The summed E-state index contributed by atoms with van der Waals surface area (Å²) in [5.41, 5.74) is 0.637. The number of nitrogens with one attached hydrogen (secondary N) is 1. The van der Waals surface area contributed by atoms with E-state index in [1.165, 1.54) is 42.7 Å². The van der Waals surface area contributed by atoms with Crippen molar-refractivity contribution in [3.05, 3.63) is 65.7 Å². The molecule has 0 fully saturated rings. The summed E-state index contributed by atoms with van der Waals surface area (Å²) < 4.78 is 12.9. The molecule has 2 aromatic rings. The first-order valence-corrected chi connectivity index (χ1v) is 5.77. The van der Waals surface area contributed by atoms with Crippen LogP contribution in [0.4, 0.5) is 9.18 Å². The Labute approximate surface area is 114 Å². The van der Waals surface area contributed by atoms with Crippen molar-refractivity contribution >= 4 is 11.9 Å². The van der Waals surface area contributed by atoms with E-state index in [0.29, 0.717) is 5.56 Å². The lowest BCUT2D eigenvalue weighted by atomic mass is 9.98. The van der Waals surface area contributed by atoms with Gasteiger partial charge in [-0.1, -0.05) is 12.1 Å². The van der Waals surface area contributed by atoms with Crippen molar-refractivity contribution in [1.29, 1.82) is 0 Å². The highest BCUT2D eigenvalue weighted by Gasteiger charge is 2.24. The second-order valence-electron chi connectivity index (χ2n) is 4.04. The van der Waals surface area contributed by atoms with E-state index in [-0.39, 0.29) is 5.56 Å². The zero-order valence-electron chi connectivity index (χ0n) is 10.3. The van der Waals surface area contributed by atoms with Gasteiger partial charge in [-0.3, -0.25) is 9.78 Å². The molecule has 20 heavy (non-hydrogen) atoms. The fourth-order valence-electron chi connectivity index (χ4n) is 1.75. The zero-order chi connectivity index (χ0) is 14.5. The number of rotatable bonds is 4. The lowest BCUT2D eigenvalue weighted by molar-refractivity contribution is 0.0936. The maximum Gasteiger partial charge on any atom is 0.405 e. The van der Waals surface area contributed by atoms with Crippen LogP contribution in [0.3, 0.4) is 0 Å². The molecule has 1 aromatic carbocycles. The standard InChI is InChI=1S/C14H11FN2O3/c15-11-5-3-9(4-6-11)12(17-14(19)20)13(18)10-2-1-7-16-8-10/h1-8,12,17H,(H,19,20). The highest BCUT2D eigenvalue weighted by Crippen LogP contribution is 2.18. The average molecular weight is 274 g/mol. The van der Waals surface area contributed by atoms with Crippen LogP contribution in [0.2, 0.25) is 0 Å². The van der Waals surface area contributed by atoms with Crippen LogP contribution >= 0.6 is 0 Å². The highest BCUT2D eigenvalue weighted by atomic mass is 19.1. The molecule has 0 saturated carbocycles. The molecule has 6 heteroatoms. The number of carbonyl (C=O) groups excluding carboxylic acids is 1. The van der Waals surface area contributed by atoms with E-state index in [4.69, 9.17) is 5.11 Å². The third-order valence-electron chi connectivity index (χ3n) is 2.68. The van der Waals surface area contributed by atoms with Crippen molar-refractivity contribution < 1.29 is 19.1 Å². The van der Waals surface area contributed by atoms with Crippen molar-refractivity contribution in [2.45, 2.75) is 6.04 Å². The van der Waals surface area contributed by atoms with Gasteiger partial charge in [-0.15, -0.1) is 0 Å². The van der Waals surface area contributed by atoms with Gasteiger partial charge in [-0.25, -0.2) is 9.18 Å². The van der Waals surface area contributed by atoms with Crippen molar-refractivity contribution in [3.63, 3.8) is 0 Å². The number of aromatic nitrogens is 1. The predicted molar refractivity (Wildman–Crippen MR) is 68.9 cm³/mol. The maximum absolute atomic E-state index is 12.9. The van der Waals surface area contributed by atoms with E-state index in [0.717, 1.165) is 0 Å². The molecule has 5 nitrogen and oxygen atoms in total. The van der Waals surface area contributed by atoms with Crippen molar-refractivity contribution in [2.24, 2.45) is 0 Å². The summed E-state index contributed by atoms with van der Waals surface area (Å²) in [6.45, 7) is 0. The molecule has 1 atom stereocenters. The number of halogens is 1. The molecule has 102 valence electrons. The number of Topliss-reactive ketones (excluding diaryl/α,β-unsaturated/α-hetero) is 1. The van der Waals surface area contributed by atoms with Crippen LogP contribution < -0.4 is 5.32 Å². The van der Waals surface area contributed by atoms with E-state index in [1.54, 1.807) is 6.07 Å². The van der Waals surface area contributed by atoms with Gasteiger partial charge in [-0.2, -0.15) is 0 Å². The summed E-state index contributed by atoms with van der Waals surface area (Å²) in [4.78, 5) is 27.0. The number of hydrogen-bond donors (Lipinski definition) is 2. The van der Waals surface area contributed by atoms with E-state index in [9.17, 15) is 14.0 Å². The van der Waals surface area contributed by atoms with Gasteiger partial charge in [0, 0.05) is 18.0 Å². The maximum atomic E-state index is 12.9. The summed E-state index contributed by atoms with van der Waals surface area (Å²) in [6, 6.07) is 7.09. The molecule has 0 spiro atoms. The molecule has 1 amide bonds. The van der Waals surface area contributed by atoms with Crippen LogP contribution in [0.15, 0.2) is 48.8 Å². The lowest BCUT2D eigenvalue weighted by Gasteiger charge is -2.16. The van der Waals surface area contributed by atoms with Crippen LogP contribution in [0.1, 0.15) is 22.0 Å². The normalized spacial score (nSPS) is 11.7. The van der Waals surface area contributed by atoms with Gasteiger partial charge in [0.2, 0.25) is 0 Å². The fourth-order valence-corrected chi connectivity index (χ4v) is 1.75. The lowest BCUT2D eigenvalue weighted by Crippen LogP contribution is -2.32. The Balaban J connectivity index is 2.35. The molecule has 1 aromatic heterocycles. The summed E-state index contributed by atoms with van der Waals surface area (Å²) >= 11 is 0. The Hall–Kier alpha value is -2.76. The molecule has 0 bridgehead atoms. The van der Waals surface area contributed by atoms with Gasteiger partial charge >= 0.3 is 6.09 Å². The first-order valence-electron chi connectivity index (χ1n) is 5.77. The van der Waals surface area contributed by atoms with Gasteiger partial charge in [0.05, 0.1) is 0 Å². The van der Waals surface area contributed by atoms with E-state index in [1.807, 2.05) is 0 Å². The van der Waals surface area contributed by atoms with Crippen LogP contribution in [0, 0.1) is 5.82 Å². The minimum absolute atomic E-state index is 0.274. The van der Waals surface area contributed by atoms with Crippen LogP contribution in [-0.4, -0.2) is 22.0 Å². The molecule has 0 aliphatic carbocycles. The molecule has 0 aliphatic heterocycles. The van der Waals surface area contributed by atoms with Crippen molar-refractivity contribution in [3.8, 4) is 0 Å². The summed E-state index contributed by atoms with van der Waals surface area (Å²) in [6.07, 6.45) is 1.52.